The molecule has 2 amide bonds. The smallest absolute Gasteiger partial charge is 0.273 e. The summed E-state index contributed by atoms with van der Waals surface area (Å²) in [4.78, 5) is 32.7. The van der Waals surface area contributed by atoms with Gasteiger partial charge >= 0.3 is 0 Å². The first-order valence-electron chi connectivity index (χ1n) is 11.5. The van der Waals surface area contributed by atoms with Crippen molar-refractivity contribution in [2.24, 2.45) is 0 Å². The SMILES string of the molecule is O=C(NC1CCCCC1)[C@@H](c1ccccc1F)N(Cc1ccc(F)cc1)C(=O)c1ccccn1. The van der Waals surface area contributed by atoms with Crippen LogP contribution in [0.2, 0.25) is 0 Å². The molecule has 0 spiro atoms. The van der Waals surface area contributed by atoms with Gasteiger partial charge in [0.15, 0.2) is 0 Å². The van der Waals surface area contributed by atoms with E-state index in [4.69, 9.17) is 0 Å². The minimum atomic E-state index is -1.22. The Morgan fingerprint density at radius 2 is 1.65 bits per heavy atom. The Morgan fingerprint density at radius 3 is 2.32 bits per heavy atom. The minimum Gasteiger partial charge on any atom is -0.351 e. The van der Waals surface area contributed by atoms with Crippen LogP contribution in [0.5, 0.6) is 0 Å². The second-order valence-electron chi connectivity index (χ2n) is 8.54. The average Bonchev–Trinajstić information content (AvgIpc) is 2.86. The fraction of sp³-hybridized carbons (Fsp3) is 0.296. The van der Waals surface area contributed by atoms with E-state index in [1.807, 2.05) is 0 Å². The lowest BCUT2D eigenvalue weighted by molar-refractivity contribution is -0.127. The van der Waals surface area contributed by atoms with Gasteiger partial charge in [0.25, 0.3) is 5.91 Å². The molecule has 1 aliphatic carbocycles. The lowest BCUT2D eigenvalue weighted by Gasteiger charge is -2.33. The summed E-state index contributed by atoms with van der Waals surface area (Å²) in [6.45, 7) is -0.0211. The van der Waals surface area contributed by atoms with Crippen LogP contribution in [0.4, 0.5) is 8.78 Å². The summed E-state index contributed by atoms with van der Waals surface area (Å²) < 4.78 is 28.5. The van der Waals surface area contributed by atoms with Gasteiger partial charge in [0, 0.05) is 24.3 Å². The molecule has 1 fully saturated rings. The predicted octanol–water partition coefficient (Wildman–Crippen LogP) is 5.19. The molecule has 176 valence electrons. The number of amides is 2. The second kappa shape index (κ2) is 11.0. The first kappa shape index (κ1) is 23.5. The van der Waals surface area contributed by atoms with Crippen LogP contribution in [0.1, 0.15) is 59.8 Å². The number of aromatic nitrogens is 1. The van der Waals surface area contributed by atoms with Crippen LogP contribution in [0.25, 0.3) is 0 Å². The molecule has 2 aromatic carbocycles. The zero-order chi connectivity index (χ0) is 23.9. The van der Waals surface area contributed by atoms with E-state index >= 15 is 4.39 Å². The molecule has 0 unspecified atom stereocenters. The molecule has 3 aromatic rings. The van der Waals surface area contributed by atoms with Gasteiger partial charge in [-0.25, -0.2) is 8.78 Å². The van der Waals surface area contributed by atoms with Crippen molar-refractivity contribution in [1.29, 1.82) is 0 Å². The van der Waals surface area contributed by atoms with Crippen molar-refractivity contribution < 1.29 is 18.4 Å². The largest absolute Gasteiger partial charge is 0.351 e. The Hall–Kier alpha value is -3.61. The number of carbonyl (C=O) groups excluding carboxylic acids is 2. The van der Waals surface area contributed by atoms with Crippen LogP contribution in [-0.4, -0.2) is 27.7 Å². The fourth-order valence-electron chi connectivity index (χ4n) is 4.38. The van der Waals surface area contributed by atoms with E-state index in [-0.39, 0.29) is 23.8 Å². The molecule has 1 N–H and O–H groups in total. The molecule has 0 radical (unpaired) electrons. The molecule has 34 heavy (non-hydrogen) atoms. The van der Waals surface area contributed by atoms with Crippen molar-refractivity contribution in [2.45, 2.75) is 50.7 Å². The Balaban J connectivity index is 1.75. The van der Waals surface area contributed by atoms with Gasteiger partial charge in [-0.1, -0.05) is 55.7 Å². The van der Waals surface area contributed by atoms with Crippen molar-refractivity contribution in [1.82, 2.24) is 15.2 Å². The summed E-state index contributed by atoms with van der Waals surface area (Å²) >= 11 is 0. The van der Waals surface area contributed by atoms with Crippen molar-refractivity contribution >= 4 is 11.8 Å². The van der Waals surface area contributed by atoms with Crippen molar-refractivity contribution in [3.05, 3.63) is 101 Å². The highest BCUT2D eigenvalue weighted by atomic mass is 19.1. The summed E-state index contributed by atoms with van der Waals surface area (Å²) in [6, 6.07) is 15.3. The number of nitrogens with zero attached hydrogens (tertiary/aromatic N) is 2. The van der Waals surface area contributed by atoms with E-state index in [9.17, 15) is 14.0 Å². The van der Waals surface area contributed by atoms with E-state index in [2.05, 4.69) is 10.3 Å². The number of nitrogens with one attached hydrogen (secondary N) is 1. The lowest BCUT2D eigenvalue weighted by atomic mass is 9.94. The standard InChI is InChI=1S/C27H27F2N3O2/c28-20-15-13-19(14-16-20)18-32(27(34)24-12-6-7-17-30-24)25(22-10-4-5-11-23(22)29)26(33)31-21-8-2-1-3-9-21/h4-7,10-17,21,25H,1-3,8-9,18H2,(H,31,33)/t25-/m1/s1. The highest BCUT2D eigenvalue weighted by molar-refractivity contribution is 5.96. The Bertz CT molecular complexity index is 1120. The van der Waals surface area contributed by atoms with Gasteiger partial charge in [-0.2, -0.15) is 0 Å². The minimum absolute atomic E-state index is 0.0202. The summed E-state index contributed by atoms with van der Waals surface area (Å²) in [5.74, 6) is -1.95. The van der Waals surface area contributed by atoms with Gasteiger partial charge in [0.2, 0.25) is 5.91 Å². The number of pyridine rings is 1. The molecule has 5 nitrogen and oxygen atoms in total. The van der Waals surface area contributed by atoms with E-state index in [1.54, 1.807) is 42.5 Å². The molecule has 4 rings (SSSR count). The molecular weight excluding hydrogens is 436 g/mol. The second-order valence-corrected chi connectivity index (χ2v) is 8.54. The predicted molar refractivity (Wildman–Crippen MR) is 125 cm³/mol. The van der Waals surface area contributed by atoms with Gasteiger partial charge in [0.05, 0.1) is 0 Å². The van der Waals surface area contributed by atoms with Crippen LogP contribution in [0, 0.1) is 11.6 Å². The molecule has 7 heteroatoms. The Morgan fingerprint density at radius 1 is 0.941 bits per heavy atom. The maximum absolute atomic E-state index is 15.0. The van der Waals surface area contributed by atoms with Crippen molar-refractivity contribution in [3.63, 3.8) is 0 Å². The monoisotopic (exact) mass is 463 g/mol. The van der Waals surface area contributed by atoms with Crippen LogP contribution in [-0.2, 0) is 11.3 Å². The topological polar surface area (TPSA) is 62.3 Å². The molecular formula is C27H27F2N3O2. The van der Waals surface area contributed by atoms with Crippen LogP contribution < -0.4 is 5.32 Å². The molecule has 0 aliphatic heterocycles. The van der Waals surface area contributed by atoms with Gasteiger partial charge in [0.1, 0.15) is 23.4 Å². The first-order chi connectivity index (χ1) is 16.5. The van der Waals surface area contributed by atoms with E-state index < -0.39 is 29.5 Å². The first-order valence-corrected chi connectivity index (χ1v) is 11.5. The zero-order valence-corrected chi connectivity index (χ0v) is 18.8. The maximum Gasteiger partial charge on any atom is 0.273 e. The van der Waals surface area contributed by atoms with Gasteiger partial charge in [-0.05, 0) is 48.7 Å². The number of halogens is 2. The number of benzene rings is 2. The van der Waals surface area contributed by atoms with Crippen molar-refractivity contribution in [2.75, 3.05) is 0 Å². The van der Waals surface area contributed by atoms with E-state index in [1.165, 1.54) is 35.4 Å². The van der Waals surface area contributed by atoms with Gasteiger partial charge in [-0.3, -0.25) is 14.6 Å². The number of hydrogen-bond acceptors (Lipinski definition) is 3. The van der Waals surface area contributed by atoms with Crippen molar-refractivity contribution in [3.8, 4) is 0 Å². The summed E-state index contributed by atoms with van der Waals surface area (Å²) in [6.07, 6.45) is 6.34. The quantitative estimate of drug-likeness (QED) is 0.524. The van der Waals surface area contributed by atoms with E-state index in [0.29, 0.717) is 5.56 Å². The fourth-order valence-corrected chi connectivity index (χ4v) is 4.38. The molecule has 1 saturated carbocycles. The Labute approximate surface area is 197 Å². The third-order valence-corrected chi connectivity index (χ3v) is 6.12. The van der Waals surface area contributed by atoms with E-state index in [0.717, 1.165) is 32.1 Å². The molecule has 1 aromatic heterocycles. The van der Waals surface area contributed by atoms with Crippen LogP contribution in [0.3, 0.4) is 0 Å². The van der Waals surface area contributed by atoms with Crippen LogP contribution >= 0.6 is 0 Å². The summed E-state index contributed by atoms with van der Waals surface area (Å²) in [5, 5.41) is 3.05. The molecule has 1 aliphatic rings. The lowest BCUT2D eigenvalue weighted by Crippen LogP contribution is -2.47. The third kappa shape index (κ3) is 5.65. The maximum atomic E-state index is 15.0. The normalized spacial score (nSPS) is 14.9. The van der Waals surface area contributed by atoms with Gasteiger partial charge < -0.3 is 10.2 Å². The third-order valence-electron chi connectivity index (χ3n) is 6.12. The number of rotatable bonds is 7. The number of hydrogen-bond donors (Lipinski definition) is 1. The molecule has 1 heterocycles. The molecule has 0 saturated heterocycles. The molecule has 1 atom stereocenters. The zero-order valence-electron chi connectivity index (χ0n) is 18.8. The molecule has 0 bridgehead atoms. The highest BCUT2D eigenvalue weighted by Crippen LogP contribution is 2.28. The van der Waals surface area contributed by atoms with Crippen LogP contribution in [0.15, 0.2) is 72.9 Å². The highest BCUT2D eigenvalue weighted by Gasteiger charge is 2.35. The van der Waals surface area contributed by atoms with Gasteiger partial charge in [-0.15, -0.1) is 0 Å². The number of carbonyl (C=O) groups is 2. The average molecular weight is 464 g/mol. The summed E-state index contributed by atoms with van der Waals surface area (Å²) in [5.41, 5.74) is 0.844. The summed E-state index contributed by atoms with van der Waals surface area (Å²) in [7, 11) is 0. The Kier molecular flexibility index (Phi) is 7.62.